The van der Waals surface area contributed by atoms with Crippen molar-refractivity contribution in [1.82, 2.24) is 9.80 Å². The van der Waals surface area contributed by atoms with E-state index in [0.717, 1.165) is 25.9 Å². The molecule has 1 saturated carbocycles. The zero-order chi connectivity index (χ0) is 16.3. The Morgan fingerprint density at radius 3 is 2.23 bits per heavy atom. The fourth-order valence-electron chi connectivity index (χ4n) is 2.85. The Morgan fingerprint density at radius 1 is 1.14 bits per heavy atom. The molecule has 0 aromatic rings. The molecule has 0 aromatic carbocycles. The molecule has 1 aliphatic carbocycles. The van der Waals surface area contributed by atoms with Gasteiger partial charge in [0, 0.05) is 32.2 Å². The van der Waals surface area contributed by atoms with Crippen LogP contribution < -0.4 is 0 Å². The van der Waals surface area contributed by atoms with Gasteiger partial charge in [-0.15, -0.1) is 0 Å². The van der Waals surface area contributed by atoms with Crippen LogP contribution in [-0.4, -0.2) is 65.8 Å². The van der Waals surface area contributed by atoms with E-state index in [4.69, 9.17) is 21.1 Å². The molecular weight excluding hydrogens is 308 g/mol. The Bertz CT molecular complexity index is 410. The standard InChI is InChI=1S/C15H25ClN2O4/c1-15(2,3)22-14(20)18-6-4-17(5-7-18)12-8-11(9-12)13(19)21-10-16/h11-12H,4-10H2,1-3H3. The lowest BCUT2D eigenvalue weighted by Crippen LogP contribution is -2.56. The van der Waals surface area contributed by atoms with Gasteiger partial charge < -0.3 is 14.4 Å². The summed E-state index contributed by atoms with van der Waals surface area (Å²) >= 11 is 5.40. The first-order valence-corrected chi connectivity index (χ1v) is 8.28. The number of amides is 1. The van der Waals surface area contributed by atoms with Crippen molar-refractivity contribution < 1.29 is 19.1 Å². The van der Waals surface area contributed by atoms with E-state index in [1.165, 1.54) is 0 Å². The summed E-state index contributed by atoms with van der Waals surface area (Å²) in [7, 11) is 0. The summed E-state index contributed by atoms with van der Waals surface area (Å²) in [6, 6.07) is 0.336. The van der Waals surface area contributed by atoms with E-state index in [0.29, 0.717) is 19.1 Å². The molecule has 1 amide bonds. The van der Waals surface area contributed by atoms with Crippen LogP contribution >= 0.6 is 11.6 Å². The molecule has 0 bridgehead atoms. The zero-order valence-corrected chi connectivity index (χ0v) is 14.3. The molecule has 2 aliphatic rings. The van der Waals surface area contributed by atoms with Crippen LogP contribution in [0.4, 0.5) is 4.79 Å². The third-order valence-corrected chi connectivity index (χ3v) is 4.23. The number of rotatable bonds is 3. The predicted molar refractivity (Wildman–Crippen MR) is 82.7 cm³/mol. The van der Waals surface area contributed by atoms with E-state index in [-0.39, 0.29) is 24.0 Å². The number of hydrogen-bond acceptors (Lipinski definition) is 5. The van der Waals surface area contributed by atoms with Gasteiger partial charge >= 0.3 is 12.1 Å². The van der Waals surface area contributed by atoms with Crippen molar-refractivity contribution in [3.63, 3.8) is 0 Å². The minimum Gasteiger partial charge on any atom is -0.449 e. The number of halogens is 1. The monoisotopic (exact) mass is 332 g/mol. The van der Waals surface area contributed by atoms with Crippen LogP contribution in [0.1, 0.15) is 33.6 Å². The topological polar surface area (TPSA) is 59.1 Å². The van der Waals surface area contributed by atoms with Gasteiger partial charge in [-0.3, -0.25) is 9.69 Å². The highest BCUT2D eigenvalue weighted by Gasteiger charge is 2.40. The average Bonchev–Trinajstić information content (AvgIpc) is 2.36. The van der Waals surface area contributed by atoms with Crippen molar-refractivity contribution in [1.29, 1.82) is 0 Å². The summed E-state index contributed by atoms with van der Waals surface area (Å²) in [5.74, 6) is -0.216. The minimum absolute atomic E-state index is 0.0207. The molecule has 0 spiro atoms. The Morgan fingerprint density at radius 2 is 1.73 bits per heavy atom. The third kappa shape index (κ3) is 4.49. The molecule has 22 heavy (non-hydrogen) atoms. The SMILES string of the molecule is CC(C)(C)OC(=O)N1CCN(C2CC(C(=O)OCCl)C2)CC1. The van der Waals surface area contributed by atoms with Gasteiger partial charge in [-0.1, -0.05) is 11.6 Å². The molecule has 1 saturated heterocycles. The van der Waals surface area contributed by atoms with Crippen molar-refractivity contribution >= 4 is 23.7 Å². The highest BCUT2D eigenvalue weighted by Crippen LogP contribution is 2.33. The number of esters is 1. The van der Waals surface area contributed by atoms with E-state index in [2.05, 4.69) is 4.90 Å². The highest BCUT2D eigenvalue weighted by molar-refractivity contribution is 6.17. The minimum atomic E-state index is -0.460. The van der Waals surface area contributed by atoms with Crippen LogP contribution in [0.3, 0.4) is 0 Å². The number of carbonyl (C=O) groups is 2. The van der Waals surface area contributed by atoms with Crippen LogP contribution in [0, 0.1) is 5.92 Å². The summed E-state index contributed by atoms with van der Waals surface area (Å²) < 4.78 is 10.2. The number of alkyl halides is 1. The predicted octanol–water partition coefficient (Wildman–Crippen LogP) is 2.06. The van der Waals surface area contributed by atoms with Crippen LogP contribution in [-0.2, 0) is 14.3 Å². The van der Waals surface area contributed by atoms with Crippen molar-refractivity contribution in [2.75, 3.05) is 32.2 Å². The molecule has 126 valence electrons. The third-order valence-electron chi connectivity index (χ3n) is 4.13. The van der Waals surface area contributed by atoms with Crippen LogP contribution in [0.25, 0.3) is 0 Å². The second-order valence-electron chi connectivity index (χ2n) is 6.90. The molecule has 2 rings (SSSR count). The number of ether oxygens (including phenoxy) is 2. The van der Waals surface area contributed by atoms with Gasteiger partial charge in [0.2, 0.25) is 0 Å². The molecule has 0 atom stereocenters. The first kappa shape index (κ1) is 17.3. The highest BCUT2D eigenvalue weighted by atomic mass is 35.5. The Balaban J connectivity index is 1.70. The maximum Gasteiger partial charge on any atom is 0.410 e. The lowest BCUT2D eigenvalue weighted by atomic mass is 9.79. The summed E-state index contributed by atoms with van der Waals surface area (Å²) in [4.78, 5) is 27.6. The van der Waals surface area contributed by atoms with Gasteiger partial charge in [-0.2, -0.15) is 0 Å². The number of carbonyl (C=O) groups excluding carboxylic acids is 2. The summed E-state index contributed by atoms with van der Waals surface area (Å²) in [5, 5.41) is 0. The number of piperazine rings is 1. The van der Waals surface area contributed by atoms with Gasteiger partial charge in [-0.25, -0.2) is 4.79 Å². The number of nitrogens with zero attached hydrogens (tertiary/aromatic N) is 2. The lowest BCUT2D eigenvalue weighted by molar-refractivity contribution is -0.152. The molecule has 0 aromatic heterocycles. The van der Waals surface area contributed by atoms with Crippen LogP contribution in [0.15, 0.2) is 0 Å². The summed E-state index contributed by atoms with van der Waals surface area (Å²) in [6.45, 7) is 8.59. The summed E-state index contributed by atoms with van der Waals surface area (Å²) in [6.07, 6.45) is 1.40. The van der Waals surface area contributed by atoms with Gasteiger partial charge in [-0.05, 0) is 33.6 Å². The van der Waals surface area contributed by atoms with E-state index in [9.17, 15) is 9.59 Å². The molecule has 0 N–H and O–H groups in total. The summed E-state index contributed by atoms with van der Waals surface area (Å²) in [5.41, 5.74) is -0.460. The molecule has 1 heterocycles. The maximum absolute atomic E-state index is 12.0. The van der Waals surface area contributed by atoms with Gasteiger partial charge in [0.1, 0.15) is 5.60 Å². The van der Waals surface area contributed by atoms with E-state index in [1.807, 2.05) is 20.8 Å². The van der Waals surface area contributed by atoms with E-state index in [1.54, 1.807) is 4.90 Å². The fourth-order valence-corrected chi connectivity index (χ4v) is 2.95. The molecular formula is C15H25ClN2O4. The Hall–Kier alpha value is -1.01. The van der Waals surface area contributed by atoms with Crippen molar-refractivity contribution in [2.24, 2.45) is 5.92 Å². The average molecular weight is 333 g/mol. The van der Waals surface area contributed by atoms with Crippen molar-refractivity contribution in [3.8, 4) is 0 Å². The fraction of sp³-hybridized carbons (Fsp3) is 0.867. The quantitative estimate of drug-likeness (QED) is 0.585. The maximum atomic E-state index is 12.0. The second-order valence-corrected chi connectivity index (χ2v) is 7.12. The largest absolute Gasteiger partial charge is 0.449 e. The number of hydrogen-bond donors (Lipinski definition) is 0. The van der Waals surface area contributed by atoms with Gasteiger partial charge in [0.25, 0.3) is 0 Å². The van der Waals surface area contributed by atoms with E-state index >= 15 is 0 Å². The zero-order valence-electron chi connectivity index (χ0n) is 13.5. The first-order valence-electron chi connectivity index (χ1n) is 7.74. The van der Waals surface area contributed by atoms with Crippen molar-refractivity contribution in [3.05, 3.63) is 0 Å². The lowest BCUT2D eigenvalue weighted by Gasteiger charge is -2.45. The van der Waals surface area contributed by atoms with E-state index < -0.39 is 5.60 Å². The normalized spacial score (nSPS) is 26.3. The Labute approximate surface area is 136 Å². The first-order chi connectivity index (χ1) is 10.3. The molecule has 7 heteroatoms. The van der Waals surface area contributed by atoms with Gasteiger partial charge in [0.05, 0.1) is 5.92 Å². The Kier molecular flexibility index (Phi) is 5.55. The van der Waals surface area contributed by atoms with Crippen LogP contribution in [0.5, 0.6) is 0 Å². The molecule has 1 aliphatic heterocycles. The molecule has 0 unspecified atom stereocenters. The second kappa shape index (κ2) is 7.04. The molecule has 6 nitrogen and oxygen atoms in total. The molecule has 0 radical (unpaired) electrons. The van der Waals surface area contributed by atoms with Crippen LogP contribution in [0.2, 0.25) is 0 Å². The smallest absolute Gasteiger partial charge is 0.410 e. The molecule has 2 fully saturated rings. The van der Waals surface area contributed by atoms with Gasteiger partial charge in [0.15, 0.2) is 6.07 Å². The van der Waals surface area contributed by atoms with Crippen molar-refractivity contribution in [2.45, 2.75) is 45.3 Å².